The van der Waals surface area contributed by atoms with Crippen molar-refractivity contribution in [2.24, 2.45) is 0 Å². The van der Waals surface area contributed by atoms with Crippen molar-refractivity contribution in [2.45, 2.75) is 12.1 Å². The third kappa shape index (κ3) is 2.70. The Morgan fingerprint density at radius 2 is 1.30 bits per heavy atom. The Kier molecular flexibility index (Phi) is 3.74. The van der Waals surface area contributed by atoms with E-state index in [9.17, 15) is 0 Å². The number of halogens is 2. The van der Waals surface area contributed by atoms with Gasteiger partial charge < -0.3 is 10.6 Å². The van der Waals surface area contributed by atoms with Gasteiger partial charge in [0.25, 0.3) is 0 Å². The summed E-state index contributed by atoms with van der Waals surface area (Å²) in [6.45, 7) is 0. The predicted octanol–water partition coefficient (Wildman–Crippen LogP) is 3.04. The molecular formula is C13H10Cl2N4S. The van der Waals surface area contributed by atoms with Gasteiger partial charge in [-0.05, 0) is 35.5 Å². The first-order valence-corrected chi connectivity index (χ1v) is 7.10. The van der Waals surface area contributed by atoms with Crippen molar-refractivity contribution >= 4 is 40.5 Å². The van der Waals surface area contributed by atoms with Gasteiger partial charge in [-0.25, -0.2) is 9.97 Å². The van der Waals surface area contributed by atoms with Gasteiger partial charge in [0, 0.05) is 12.4 Å². The van der Waals surface area contributed by atoms with Crippen LogP contribution in [0.5, 0.6) is 0 Å². The Labute approximate surface area is 131 Å². The molecule has 0 amide bonds. The van der Waals surface area contributed by atoms with Crippen LogP contribution in [0, 0.1) is 0 Å². The van der Waals surface area contributed by atoms with E-state index in [2.05, 4.69) is 20.6 Å². The molecule has 20 heavy (non-hydrogen) atoms. The SMILES string of the molecule is S=C1NC(c2ccc(Cl)nc2)C(c2ccc(Cl)nc2)N1. The summed E-state index contributed by atoms with van der Waals surface area (Å²) in [5, 5.41) is 7.99. The molecule has 0 bridgehead atoms. The fraction of sp³-hybridized carbons (Fsp3) is 0.154. The minimum atomic E-state index is -0.0183. The summed E-state index contributed by atoms with van der Waals surface area (Å²) in [6.07, 6.45) is 3.48. The van der Waals surface area contributed by atoms with Gasteiger partial charge in [-0.15, -0.1) is 0 Å². The van der Waals surface area contributed by atoms with Crippen LogP contribution in [0.4, 0.5) is 0 Å². The number of nitrogens with zero attached hydrogens (tertiary/aromatic N) is 2. The average molecular weight is 325 g/mol. The zero-order valence-corrected chi connectivity index (χ0v) is 12.5. The topological polar surface area (TPSA) is 49.8 Å². The van der Waals surface area contributed by atoms with E-state index in [4.69, 9.17) is 35.4 Å². The second-order valence-electron chi connectivity index (χ2n) is 4.40. The van der Waals surface area contributed by atoms with Gasteiger partial charge in [-0.2, -0.15) is 0 Å². The maximum atomic E-state index is 5.82. The van der Waals surface area contributed by atoms with E-state index in [0.29, 0.717) is 15.4 Å². The Morgan fingerprint density at radius 1 is 0.850 bits per heavy atom. The molecule has 2 aromatic heterocycles. The molecule has 1 saturated heterocycles. The maximum absolute atomic E-state index is 5.82. The zero-order valence-electron chi connectivity index (χ0n) is 10.2. The van der Waals surface area contributed by atoms with Gasteiger partial charge in [0.15, 0.2) is 5.11 Å². The molecule has 7 heteroatoms. The highest BCUT2D eigenvalue weighted by Crippen LogP contribution is 2.32. The zero-order chi connectivity index (χ0) is 14.1. The number of hydrogen-bond donors (Lipinski definition) is 2. The molecule has 3 heterocycles. The van der Waals surface area contributed by atoms with Crippen LogP contribution in [-0.4, -0.2) is 15.1 Å². The molecule has 0 aromatic carbocycles. The summed E-state index contributed by atoms with van der Waals surface area (Å²) in [4.78, 5) is 8.22. The summed E-state index contributed by atoms with van der Waals surface area (Å²) in [5.41, 5.74) is 2.00. The van der Waals surface area contributed by atoms with Gasteiger partial charge in [0.2, 0.25) is 0 Å². The smallest absolute Gasteiger partial charge is 0.167 e. The molecule has 102 valence electrons. The molecule has 2 unspecified atom stereocenters. The summed E-state index contributed by atoms with van der Waals surface area (Å²) in [7, 11) is 0. The van der Waals surface area contributed by atoms with Crippen LogP contribution >= 0.6 is 35.4 Å². The van der Waals surface area contributed by atoms with Crippen molar-refractivity contribution in [1.82, 2.24) is 20.6 Å². The molecule has 2 aromatic rings. The molecule has 3 rings (SSSR count). The van der Waals surface area contributed by atoms with E-state index in [1.165, 1.54) is 0 Å². The quantitative estimate of drug-likeness (QED) is 0.657. The highest BCUT2D eigenvalue weighted by atomic mass is 35.5. The van der Waals surface area contributed by atoms with Gasteiger partial charge >= 0.3 is 0 Å². The van der Waals surface area contributed by atoms with Crippen LogP contribution in [0.25, 0.3) is 0 Å². The maximum Gasteiger partial charge on any atom is 0.167 e. The monoisotopic (exact) mass is 324 g/mol. The van der Waals surface area contributed by atoms with Crippen molar-refractivity contribution in [3.05, 3.63) is 58.1 Å². The largest absolute Gasteiger partial charge is 0.353 e. The fourth-order valence-corrected chi connectivity index (χ4v) is 2.66. The second kappa shape index (κ2) is 5.52. The number of thiocarbonyl (C=S) groups is 1. The van der Waals surface area contributed by atoms with E-state index in [0.717, 1.165) is 11.1 Å². The summed E-state index contributed by atoms with van der Waals surface area (Å²) >= 11 is 16.9. The second-order valence-corrected chi connectivity index (χ2v) is 5.58. The van der Waals surface area contributed by atoms with Crippen LogP contribution in [-0.2, 0) is 0 Å². The molecule has 2 atom stereocenters. The standard InChI is InChI=1S/C13H10Cl2N4S/c14-9-3-1-7(5-16-9)11-12(19-13(20)18-11)8-2-4-10(15)17-6-8/h1-6,11-12H,(H2,18,19,20). The predicted molar refractivity (Wildman–Crippen MR) is 82.8 cm³/mol. The van der Waals surface area contributed by atoms with Crippen molar-refractivity contribution < 1.29 is 0 Å². The molecule has 0 spiro atoms. The molecule has 0 aliphatic carbocycles. The summed E-state index contributed by atoms with van der Waals surface area (Å²) < 4.78 is 0. The molecule has 0 saturated carbocycles. The molecule has 4 nitrogen and oxygen atoms in total. The van der Waals surface area contributed by atoms with Gasteiger partial charge in [-0.3, -0.25) is 0 Å². The fourth-order valence-electron chi connectivity index (χ4n) is 2.18. The normalized spacial score (nSPS) is 21.4. The van der Waals surface area contributed by atoms with E-state index >= 15 is 0 Å². The van der Waals surface area contributed by atoms with E-state index in [1.54, 1.807) is 24.5 Å². The first-order valence-electron chi connectivity index (χ1n) is 5.93. The van der Waals surface area contributed by atoms with E-state index in [-0.39, 0.29) is 12.1 Å². The van der Waals surface area contributed by atoms with Crippen LogP contribution in [0.15, 0.2) is 36.7 Å². The molecule has 2 N–H and O–H groups in total. The lowest BCUT2D eigenvalue weighted by Gasteiger charge is -2.19. The molecule has 1 fully saturated rings. The molecular weight excluding hydrogens is 315 g/mol. The molecule has 1 aliphatic rings. The highest BCUT2D eigenvalue weighted by molar-refractivity contribution is 7.80. The Balaban J connectivity index is 1.94. The van der Waals surface area contributed by atoms with Crippen LogP contribution in [0.2, 0.25) is 10.3 Å². The van der Waals surface area contributed by atoms with Gasteiger partial charge in [-0.1, -0.05) is 35.3 Å². The number of nitrogens with one attached hydrogen (secondary N) is 2. The third-order valence-electron chi connectivity index (χ3n) is 3.13. The number of hydrogen-bond acceptors (Lipinski definition) is 3. The van der Waals surface area contributed by atoms with Crippen molar-refractivity contribution in [3.8, 4) is 0 Å². The molecule has 1 aliphatic heterocycles. The minimum absolute atomic E-state index is 0.0183. The third-order valence-corrected chi connectivity index (χ3v) is 3.81. The number of rotatable bonds is 2. The average Bonchev–Trinajstić information content (AvgIpc) is 2.82. The van der Waals surface area contributed by atoms with Gasteiger partial charge in [0.05, 0.1) is 12.1 Å². The van der Waals surface area contributed by atoms with Crippen LogP contribution < -0.4 is 10.6 Å². The number of aromatic nitrogens is 2. The first-order chi connectivity index (χ1) is 9.63. The first kappa shape index (κ1) is 13.5. The summed E-state index contributed by atoms with van der Waals surface area (Å²) in [5.74, 6) is 0. The molecule has 0 radical (unpaired) electrons. The van der Waals surface area contributed by atoms with E-state index < -0.39 is 0 Å². The van der Waals surface area contributed by atoms with Crippen molar-refractivity contribution in [2.75, 3.05) is 0 Å². The lowest BCUT2D eigenvalue weighted by molar-refractivity contribution is 0.550. The Bertz CT molecular complexity index is 574. The van der Waals surface area contributed by atoms with Crippen LogP contribution in [0.1, 0.15) is 23.2 Å². The van der Waals surface area contributed by atoms with Gasteiger partial charge in [0.1, 0.15) is 10.3 Å². The van der Waals surface area contributed by atoms with Crippen LogP contribution in [0.3, 0.4) is 0 Å². The lowest BCUT2D eigenvalue weighted by Crippen LogP contribution is -2.21. The van der Waals surface area contributed by atoms with E-state index in [1.807, 2.05) is 12.1 Å². The van der Waals surface area contributed by atoms with Crippen molar-refractivity contribution in [3.63, 3.8) is 0 Å². The lowest BCUT2D eigenvalue weighted by atomic mass is 9.97. The highest BCUT2D eigenvalue weighted by Gasteiger charge is 2.32. The summed E-state index contributed by atoms with van der Waals surface area (Å²) in [6, 6.07) is 7.34. The Morgan fingerprint density at radius 3 is 1.65 bits per heavy atom. The van der Waals surface area contributed by atoms with Crippen molar-refractivity contribution in [1.29, 1.82) is 0 Å². The minimum Gasteiger partial charge on any atom is -0.353 e. The number of pyridine rings is 2. The Hall–Kier alpha value is -1.43.